The topological polar surface area (TPSA) is 113 Å². The summed E-state index contributed by atoms with van der Waals surface area (Å²) < 4.78 is 25.6. The first-order valence-electron chi connectivity index (χ1n) is 20.0. The number of ether oxygens (including phenoxy) is 4. The highest BCUT2D eigenvalue weighted by Crippen LogP contribution is 2.42. The van der Waals surface area contributed by atoms with E-state index >= 15 is 0 Å². The van der Waals surface area contributed by atoms with E-state index in [1.807, 2.05) is 128 Å². The summed E-state index contributed by atoms with van der Waals surface area (Å²) in [6.07, 6.45) is 2.58. The Kier molecular flexibility index (Phi) is 12.7. The molecule has 8 aromatic rings. The summed E-state index contributed by atoms with van der Waals surface area (Å²) in [5.41, 5.74) is 4.99. The summed E-state index contributed by atoms with van der Waals surface area (Å²) in [6, 6.07) is 56.8. The Labute approximate surface area is 360 Å². The van der Waals surface area contributed by atoms with Crippen molar-refractivity contribution in [1.82, 2.24) is 19.5 Å². The predicted octanol–water partition coefficient (Wildman–Crippen LogP) is 9.83. The van der Waals surface area contributed by atoms with Crippen molar-refractivity contribution in [2.45, 2.75) is 29.0 Å². The van der Waals surface area contributed by atoms with Crippen LogP contribution in [0.3, 0.4) is 0 Å². The van der Waals surface area contributed by atoms with Crippen LogP contribution in [-0.2, 0) is 20.6 Å². The molecule has 1 atom stereocenters. The van der Waals surface area contributed by atoms with Crippen molar-refractivity contribution in [2.75, 3.05) is 39.0 Å². The number of methoxy groups -OCH3 is 2. The Balaban J connectivity index is 1.07. The zero-order valence-corrected chi connectivity index (χ0v) is 35.0. The highest BCUT2D eigenvalue weighted by Gasteiger charge is 2.39. The third-order valence-corrected chi connectivity index (χ3v) is 11.5. The summed E-state index contributed by atoms with van der Waals surface area (Å²) in [5, 5.41) is 16.0. The molecule has 10 nitrogen and oxygen atoms in total. The van der Waals surface area contributed by atoms with Crippen molar-refractivity contribution in [1.29, 1.82) is 0 Å². The molecule has 0 fully saturated rings. The van der Waals surface area contributed by atoms with Crippen LogP contribution in [0.25, 0.3) is 11.2 Å². The minimum atomic E-state index is -1.38. The van der Waals surface area contributed by atoms with E-state index in [2.05, 4.69) is 58.8 Å². The van der Waals surface area contributed by atoms with Crippen LogP contribution in [0.4, 0.5) is 5.95 Å². The smallest absolute Gasteiger partial charge is 0.244 e. The molecule has 0 aliphatic carbocycles. The number of nitrogens with zero attached hydrogens (tertiary/aromatic N) is 4. The standard InChI is InChI=1S/C50H47N5O5S/c1-57-42-29-25-38(26-30-42)49(36-17-8-4-9-18-36,37-19-10-5-11-20-37)54-47-52-45-44(46(53-47)61-3)51-35-55(45)48(56)59-33-16-34-60-50(39-21-12-6-13-22-39,40-23-14-7-15-24-40)41-27-31-43(58-2)32-28-41/h4-15,17-32,35,48,56H,16,33-34H2,1-3H3,(H,52,53,54). The maximum atomic E-state index is 11.6. The zero-order chi connectivity index (χ0) is 42.1. The number of aliphatic hydroxyl groups is 1. The molecule has 0 saturated heterocycles. The number of anilines is 1. The van der Waals surface area contributed by atoms with Gasteiger partial charge in [0.1, 0.15) is 39.5 Å². The number of rotatable bonds is 18. The molecule has 61 heavy (non-hydrogen) atoms. The fourth-order valence-corrected chi connectivity index (χ4v) is 8.34. The molecule has 8 rings (SSSR count). The molecule has 0 bridgehead atoms. The van der Waals surface area contributed by atoms with Gasteiger partial charge < -0.3 is 29.4 Å². The molecule has 0 radical (unpaired) electrons. The van der Waals surface area contributed by atoms with E-state index in [0.29, 0.717) is 35.2 Å². The summed E-state index contributed by atoms with van der Waals surface area (Å²) in [6.45, 7) is 0.518. The highest BCUT2D eigenvalue weighted by molar-refractivity contribution is 7.98. The predicted molar refractivity (Wildman–Crippen MR) is 240 cm³/mol. The Hall–Kier alpha value is -6.50. The number of imidazole rings is 1. The van der Waals surface area contributed by atoms with Crippen LogP contribution in [0.2, 0.25) is 0 Å². The number of aromatic nitrogens is 4. The summed E-state index contributed by atoms with van der Waals surface area (Å²) >= 11 is 1.45. The normalized spacial score (nSPS) is 12.3. The van der Waals surface area contributed by atoms with Crippen LogP contribution in [0, 0.1) is 0 Å². The van der Waals surface area contributed by atoms with Crippen molar-refractivity contribution in [2.24, 2.45) is 0 Å². The third-order valence-electron chi connectivity index (χ3n) is 10.8. The van der Waals surface area contributed by atoms with Crippen molar-refractivity contribution in [3.8, 4) is 11.5 Å². The van der Waals surface area contributed by atoms with E-state index in [4.69, 9.17) is 28.9 Å². The molecule has 0 saturated carbocycles. The van der Waals surface area contributed by atoms with E-state index in [0.717, 1.165) is 44.9 Å². The number of benzene rings is 6. The van der Waals surface area contributed by atoms with Gasteiger partial charge in [-0.3, -0.25) is 4.57 Å². The zero-order valence-electron chi connectivity index (χ0n) is 34.2. The van der Waals surface area contributed by atoms with Gasteiger partial charge in [0.25, 0.3) is 0 Å². The van der Waals surface area contributed by atoms with Gasteiger partial charge in [-0.05, 0) is 70.3 Å². The molecule has 0 aliphatic rings. The van der Waals surface area contributed by atoms with E-state index in [-0.39, 0.29) is 6.61 Å². The van der Waals surface area contributed by atoms with Gasteiger partial charge in [-0.2, -0.15) is 4.98 Å². The number of thioether (sulfide) groups is 1. The van der Waals surface area contributed by atoms with E-state index < -0.39 is 17.6 Å². The number of aliphatic hydroxyl groups excluding tert-OH is 1. The Morgan fingerprint density at radius 2 is 1.07 bits per heavy atom. The van der Waals surface area contributed by atoms with Crippen molar-refractivity contribution >= 4 is 28.9 Å². The van der Waals surface area contributed by atoms with Crippen molar-refractivity contribution < 1.29 is 24.1 Å². The second-order valence-corrected chi connectivity index (χ2v) is 15.1. The molecule has 0 amide bonds. The molecule has 308 valence electrons. The lowest BCUT2D eigenvalue weighted by Crippen LogP contribution is -2.38. The highest BCUT2D eigenvalue weighted by atomic mass is 32.2. The van der Waals surface area contributed by atoms with Crippen LogP contribution in [-0.4, -0.2) is 58.3 Å². The van der Waals surface area contributed by atoms with Gasteiger partial charge in [0, 0.05) is 0 Å². The fraction of sp³-hybridized carbons (Fsp3) is 0.180. The molecular formula is C50H47N5O5S. The quantitative estimate of drug-likeness (QED) is 0.0285. The van der Waals surface area contributed by atoms with Crippen LogP contribution >= 0.6 is 11.8 Å². The molecule has 0 aliphatic heterocycles. The van der Waals surface area contributed by atoms with Crippen LogP contribution in [0.5, 0.6) is 11.5 Å². The number of hydrogen-bond donors (Lipinski definition) is 2. The average molecular weight is 830 g/mol. The Morgan fingerprint density at radius 3 is 1.56 bits per heavy atom. The van der Waals surface area contributed by atoms with Crippen molar-refractivity contribution in [3.63, 3.8) is 0 Å². The number of hydrogen-bond acceptors (Lipinski definition) is 10. The second kappa shape index (κ2) is 18.8. The third kappa shape index (κ3) is 8.33. The lowest BCUT2D eigenvalue weighted by Gasteiger charge is -2.37. The number of fused-ring (bicyclic) bond motifs is 1. The first-order chi connectivity index (χ1) is 30.0. The minimum absolute atomic E-state index is 0.192. The lowest BCUT2D eigenvalue weighted by atomic mass is 9.77. The Bertz CT molecular complexity index is 2540. The van der Waals surface area contributed by atoms with E-state index in [1.54, 1.807) is 14.2 Å². The van der Waals surface area contributed by atoms with Gasteiger partial charge in [0.2, 0.25) is 12.4 Å². The molecular weight excluding hydrogens is 783 g/mol. The molecule has 0 spiro atoms. The molecule has 11 heteroatoms. The van der Waals surface area contributed by atoms with Gasteiger partial charge >= 0.3 is 0 Å². The summed E-state index contributed by atoms with van der Waals surface area (Å²) in [5.74, 6) is 1.85. The van der Waals surface area contributed by atoms with Gasteiger partial charge in [-0.15, -0.1) is 11.8 Å². The summed E-state index contributed by atoms with van der Waals surface area (Å²) in [4.78, 5) is 14.6. The van der Waals surface area contributed by atoms with Crippen LogP contribution in [0.15, 0.2) is 181 Å². The Morgan fingerprint density at radius 1 is 0.607 bits per heavy atom. The van der Waals surface area contributed by atoms with E-state index in [9.17, 15) is 5.11 Å². The fourth-order valence-electron chi connectivity index (χ4n) is 7.83. The molecule has 6 aromatic carbocycles. The first kappa shape index (κ1) is 41.2. The van der Waals surface area contributed by atoms with Crippen LogP contribution in [0.1, 0.15) is 46.2 Å². The molecule has 1 unspecified atom stereocenters. The molecule has 2 heterocycles. The van der Waals surface area contributed by atoms with Gasteiger partial charge in [0.15, 0.2) is 5.65 Å². The maximum absolute atomic E-state index is 11.6. The van der Waals surface area contributed by atoms with Gasteiger partial charge in [-0.25, -0.2) is 9.97 Å². The van der Waals surface area contributed by atoms with Crippen LogP contribution < -0.4 is 14.8 Å². The van der Waals surface area contributed by atoms with Gasteiger partial charge in [0.05, 0.1) is 27.4 Å². The minimum Gasteiger partial charge on any atom is -0.497 e. The molecule has 2 N–H and O–H groups in total. The molecule has 2 aromatic heterocycles. The number of nitrogens with one attached hydrogen (secondary N) is 1. The average Bonchev–Trinajstić information content (AvgIpc) is 3.77. The van der Waals surface area contributed by atoms with Crippen molar-refractivity contribution in [3.05, 3.63) is 210 Å². The SMILES string of the molecule is COc1ccc(C(Nc2nc(SC)c3ncn(C(O)OCCCOC(c4ccccc4)(c4ccccc4)c4ccc(OC)cc4)c3n2)(c2ccccc2)c2ccccc2)cc1. The largest absolute Gasteiger partial charge is 0.497 e. The lowest BCUT2D eigenvalue weighted by molar-refractivity contribution is -0.154. The van der Waals surface area contributed by atoms with Gasteiger partial charge in [-0.1, -0.05) is 146 Å². The second-order valence-electron chi connectivity index (χ2n) is 14.3. The first-order valence-corrected chi connectivity index (χ1v) is 21.2. The van der Waals surface area contributed by atoms with E-state index in [1.165, 1.54) is 22.7 Å². The monoisotopic (exact) mass is 829 g/mol. The summed E-state index contributed by atoms with van der Waals surface area (Å²) in [7, 11) is 3.31. The maximum Gasteiger partial charge on any atom is 0.244 e.